The summed E-state index contributed by atoms with van der Waals surface area (Å²) in [5, 5.41) is 2.86. The second-order valence-corrected chi connectivity index (χ2v) is 10.3. The third-order valence-corrected chi connectivity index (χ3v) is 8.38. The summed E-state index contributed by atoms with van der Waals surface area (Å²) < 4.78 is 32.5. The van der Waals surface area contributed by atoms with Gasteiger partial charge in [0.15, 0.2) is 0 Å². The van der Waals surface area contributed by atoms with Gasteiger partial charge in [0.25, 0.3) is 5.91 Å². The van der Waals surface area contributed by atoms with Gasteiger partial charge in [-0.05, 0) is 68.1 Å². The minimum atomic E-state index is -3.73. The Labute approximate surface area is 201 Å². The van der Waals surface area contributed by atoms with Crippen LogP contribution in [0.15, 0.2) is 35.2 Å². The van der Waals surface area contributed by atoms with Crippen molar-refractivity contribution in [2.75, 3.05) is 43.5 Å². The largest absolute Gasteiger partial charge is 0.465 e. The van der Waals surface area contributed by atoms with Crippen LogP contribution in [0.5, 0.6) is 0 Å². The molecule has 3 rings (SSSR count). The molecule has 1 N–H and O–H groups in total. The summed E-state index contributed by atoms with van der Waals surface area (Å²) in [5.41, 5.74) is 3.40. The number of carbonyl (C=O) groups is 2. The number of hydrogen-bond acceptors (Lipinski definition) is 6. The first kappa shape index (κ1) is 25.7. The number of methoxy groups -OCH3 is 1. The molecule has 0 saturated carbocycles. The van der Waals surface area contributed by atoms with Crippen LogP contribution in [-0.2, 0) is 14.8 Å². The van der Waals surface area contributed by atoms with Crippen molar-refractivity contribution < 1.29 is 22.7 Å². The molecule has 1 aliphatic heterocycles. The number of aryl methyl sites for hydroxylation is 1. The molecule has 0 aromatic heterocycles. The van der Waals surface area contributed by atoms with Gasteiger partial charge in [0, 0.05) is 37.6 Å². The normalized spacial score (nSPS) is 13.9. The van der Waals surface area contributed by atoms with Gasteiger partial charge in [0.2, 0.25) is 10.0 Å². The molecular formula is C25H33N3O5S. The second kappa shape index (κ2) is 10.6. The second-order valence-electron chi connectivity index (χ2n) is 8.37. The number of nitrogens with zero attached hydrogens (tertiary/aromatic N) is 2. The maximum absolute atomic E-state index is 13.5. The van der Waals surface area contributed by atoms with Gasteiger partial charge in [-0.15, -0.1) is 0 Å². The molecule has 1 aliphatic rings. The fourth-order valence-electron chi connectivity index (χ4n) is 4.26. The van der Waals surface area contributed by atoms with Gasteiger partial charge < -0.3 is 15.0 Å². The van der Waals surface area contributed by atoms with Gasteiger partial charge in [-0.25, -0.2) is 13.2 Å². The standard InChI is InChI=1S/C25H33N3O5S/c1-6-28(7-2)34(31,32)20-10-11-23(27-12-8-9-13-27)22(16-20)24(29)26-19-14-17(3)18(4)21(15-19)25(30)33-5/h10-11,14-16H,6-9,12-13H2,1-5H3,(H,26,29). The van der Waals surface area contributed by atoms with Gasteiger partial charge in [-0.2, -0.15) is 4.31 Å². The number of sulfonamides is 1. The molecule has 184 valence electrons. The van der Waals surface area contributed by atoms with E-state index in [2.05, 4.69) is 10.2 Å². The lowest BCUT2D eigenvalue weighted by Gasteiger charge is -2.23. The SMILES string of the molecule is CCN(CC)S(=O)(=O)c1ccc(N2CCCC2)c(C(=O)Nc2cc(C)c(C)c(C(=O)OC)c2)c1. The Balaban J connectivity index is 2.05. The number of nitrogens with one attached hydrogen (secondary N) is 1. The fraction of sp³-hybridized carbons (Fsp3) is 0.440. The van der Waals surface area contributed by atoms with E-state index in [0.717, 1.165) is 37.1 Å². The van der Waals surface area contributed by atoms with Crippen molar-refractivity contribution in [1.82, 2.24) is 4.31 Å². The summed E-state index contributed by atoms with van der Waals surface area (Å²) in [4.78, 5) is 27.8. The van der Waals surface area contributed by atoms with E-state index in [1.54, 1.807) is 38.1 Å². The summed E-state index contributed by atoms with van der Waals surface area (Å²) in [6.45, 7) is 9.53. The molecule has 0 atom stereocenters. The molecule has 0 spiro atoms. The number of rotatable bonds is 8. The number of hydrogen-bond donors (Lipinski definition) is 1. The molecule has 1 fully saturated rings. The van der Waals surface area contributed by atoms with Gasteiger partial charge in [-0.3, -0.25) is 4.79 Å². The van der Waals surface area contributed by atoms with E-state index in [1.807, 2.05) is 13.8 Å². The van der Waals surface area contributed by atoms with Crippen LogP contribution in [0.1, 0.15) is 58.5 Å². The van der Waals surface area contributed by atoms with Crippen molar-refractivity contribution in [1.29, 1.82) is 0 Å². The molecule has 0 bridgehead atoms. The fourth-order valence-corrected chi connectivity index (χ4v) is 5.74. The summed E-state index contributed by atoms with van der Waals surface area (Å²) in [6.07, 6.45) is 2.03. The Bertz CT molecular complexity index is 1180. The predicted octanol–water partition coefficient (Wildman–Crippen LogP) is 3.97. The lowest BCUT2D eigenvalue weighted by molar-refractivity contribution is 0.0599. The number of amides is 1. The van der Waals surface area contributed by atoms with Gasteiger partial charge in [0.05, 0.1) is 23.1 Å². The van der Waals surface area contributed by atoms with E-state index < -0.39 is 21.9 Å². The minimum absolute atomic E-state index is 0.0830. The van der Waals surface area contributed by atoms with Crippen molar-refractivity contribution >= 4 is 33.3 Å². The molecule has 8 nitrogen and oxygen atoms in total. The van der Waals surface area contributed by atoms with Crippen molar-refractivity contribution in [2.24, 2.45) is 0 Å². The average molecular weight is 488 g/mol. The van der Waals surface area contributed by atoms with Crippen LogP contribution < -0.4 is 10.2 Å². The smallest absolute Gasteiger partial charge is 0.338 e. The molecule has 1 heterocycles. The van der Waals surface area contributed by atoms with E-state index in [0.29, 0.717) is 30.0 Å². The highest BCUT2D eigenvalue weighted by Crippen LogP contribution is 2.30. The molecule has 34 heavy (non-hydrogen) atoms. The van der Waals surface area contributed by atoms with E-state index in [-0.39, 0.29) is 10.5 Å². The lowest BCUT2D eigenvalue weighted by Crippen LogP contribution is -2.31. The topological polar surface area (TPSA) is 96.0 Å². The van der Waals surface area contributed by atoms with Crippen LogP contribution in [0.4, 0.5) is 11.4 Å². The van der Waals surface area contributed by atoms with E-state index in [9.17, 15) is 18.0 Å². The first-order chi connectivity index (χ1) is 16.1. The van der Waals surface area contributed by atoms with Gasteiger partial charge in [0.1, 0.15) is 0 Å². The molecule has 1 saturated heterocycles. The number of benzene rings is 2. The highest BCUT2D eigenvalue weighted by Gasteiger charge is 2.26. The van der Waals surface area contributed by atoms with E-state index >= 15 is 0 Å². The summed E-state index contributed by atoms with van der Waals surface area (Å²) in [6, 6.07) is 8.11. The quantitative estimate of drug-likeness (QED) is 0.566. The van der Waals surface area contributed by atoms with Crippen LogP contribution in [0, 0.1) is 13.8 Å². The zero-order valence-electron chi connectivity index (χ0n) is 20.5. The zero-order valence-corrected chi connectivity index (χ0v) is 21.3. The Morgan fingerprint density at radius 1 is 1.03 bits per heavy atom. The van der Waals surface area contributed by atoms with Crippen LogP contribution in [0.2, 0.25) is 0 Å². The summed E-state index contributed by atoms with van der Waals surface area (Å²) in [5.74, 6) is -0.917. The van der Waals surface area contributed by atoms with E-state index in [1.165, 1.54) is 17.5 Å². The monoisotopic (exact) mass is 487 g/mol. The summed E-state index contributed by atoms with van der Waals surface area (Å²) >= 11 is 0. The molecular weight excluding hydrogens is 454 g/mol. The number of ether oxygens (including phenoxy) is 1. The van der Waals surface area contributed by atoms with Crippen LogP contribution in [0.25, 0.3) is 0 Å². The van der Waals surface area contributed by atoms with Crippen molar-refractivity contribution in [3.05, 3.63) is 52.6 Å². The maximum atomic E-state index is 13.5. The molecule has 9 heteroatoms. The zero-order chi connectivity index (χ0) is 25.0. The predicted molar refractivity (Wildman–Crippen MR) is 133 cm³/mol. The van der Waals surface area contributed by atoms with Crippen molar-refractivity contribution in [3.8, 4) is 0 Å². The molecule has 2 aromatic carbocycles. The van der Waals surface area contributed by atoms with Crippen LogP contribution in [0.3, 0.4) is 0 Å². The number of esters is 1. The van der Waals surface area contributed by atoms with Gasteiger partial charge in [-0.1, -0.05) is 13.8 Å². The Kier molecular flexibility index (Phi) is 7.99. The highest BCUT2D eigenvalue weighted by atomic mass is 32.2. The Morgan fingerprint density at radius 2 is 1.68 bits per heavy atom. The first-order valence-electron chi connectivity index (χ1n) is 11.5. The Morgan fingerprint density at radius 3 is 2.26 bits per heavy atom. The average Bonchev–Trinajstić information content (AvgIpc) is 3.35. The number of anilines is 2. The van der Waals surface area contributed by atoms with Gasteiger partial charge >= 0.3 is 5.97 Å². The van der Waals surface area contributed by atoms with Crippen LogP contribution in [-0.4, -0.2) is 57.9 Å². The Hall–Kier alpha value is -2.91. The maximum Gasteiger partial charge on any atom is 0.338 e. The molecule has 1 amide bonds. The minimum Gasteiger partial charge on any atom is -0.465 e. The molecule has 0 radical (unpaired) electrons. The highest BCUT2D eigenvalue weighted by molar-refractivity contribution is 7.89. The molecule has 0 aliphatic carbocycles. The third kappa shape index (κ3) is 5.10. The van der Waals surface area contributed by atoms with Crippen molar-refractivity contribution in [3.63, 3.8) is 0 Å². The summed E-state index contributed by atoms with van der Waals surface area (Å²) in [7, 11) is -2.42. The molecule has 0 unspecified atom stereocenters. The van der Waals surface area contributed by atoms with Crippen LogP contribution >= 0.6 is 0 Å². The molecule has 2 aromatic rings. The van der Waals surface area contributed by atoms with Crippen molar-refractivity contribution in [2.45, 2.75) is 45.4 Å². The van der Waals surface area contributed by atoms with E-state index in [4.69, 9.17) is 4.74 Å². The number of carbonyl (C=O) groups excluding carboxylic acids is 2. The first-order valence-corrected chi connectivity index (χ1v) is 13.0. The third-order valence-electron chi connectivity index (χ3n) is 6.33. The lowest BCUT2D eigenvalue weighted by atomic mass is 10.0.